The maximum atomic E-state index is 12.4. The zero-order chi connectivity index (χ0) is 16.2. The summed E-state index contributed by atoms with van der Waals surface area (Å²) in [6, 6.07) is 8.46. The average molecular weight is 329 g/mol. The van der Waals surface area contributed by atoms with E-state index < -0.39 is 0 Å². The number of nitrogens with zero attached hydrogens (tertiary/aromatic N) is 2. The fourth-order valence-electron chi connectivity index (χ4n) is 3.37. The van der Waals surface area contributed by atoms with Crippen LogP contribution in [-0.2, 0) is 4.79 Å². The van der Waals surface area contributed by atoms with E-state index in [1.807, 2.05) is 36.7 Å². The molecule has 5 heteroatoms. The summed E-state index contributed by atoms with van der Waals surface area (Å²) in [7, 11) is 2.15. The first-order valence-corrected chi connectivity index (χ1v) is 8.96. The lowest BCUT2D eigenvalue weighted by Crippen LogP contribution is -2.34. The molecule has 4 nitrogen and oxygen atoms in total. The number of nitrogens with one attached hydrogen (secondary N) is 1. The van der Waals surface area contributed by atoms with Gasteiger partial charge in [0, 0.05) is 29.9 Å². The summed E-state index contributed by atoms with van der Waals surface area (Å²) >= 11 is 1.64. The fourth-order valence-corrected chi connectivity index (χ4v) is 4.15. The molecular weight excluding hydrogens is 306 g/mol. The van der Waals surface area contributed by atoms with E-state index in [4.69, 9.17) is 0 Å². The molecule has 1 unspecified atom stereocenters. The number of hydrogen-bond acceptors (Lipinski definition) is 4. The van der Waals surface area contributed by atoms with Crippen molar-refractivity contribution in [1.29, 1.82) is 0 Å². The van der Waals surface area contributed by atoms with Crippen molar-refractivity contribution < 1.29 is 4.79 Å². The molecule has 0 spiro atoms. The standard InChI is InChI=1S/C18H23N3OS/c1-13(16-6-4-10-23-16)18(22)20-12-15-7-9-21(2)17(15)14-5-3-8-19-11-14/h3-6,8,10-11,13,15,17H,7,9,12H2,1-2H3,(H,20,22)/t13?,15-,17-/m0/s1. The van der Waals surface area contributed by atoms with E-state index in [1.54, 1.807) is 17.5 Å². The van der Waals surface area contributed by atoms with E-state index in [0.29, 0.717) is 12.0 Å². The quantitative estimate of drug-likeness (QED) is 0.917. The van der Waals surface area contributed by atoms with Gasteiger partial charge in [0.25, 0.3) is 0 Å². The molecule has 1 N–H and O–H groups in total. The molecule has 0 bridgehead atoms. The highest BCUT2D eigenvalue weighted by atomic mass is 32.1. The van der Waals surface area contributed by atoms with Gasteiger partial charge in [-0.25, -0.2) is 0 Å². The number of pyridine rings is 1. The van der Waals surface area contributed by atoms with Gasteiger partial charge in [0.15, 0.2) is 0 Å². The average Bonchev–Trinajstić information content (AvgIpc) is 3.22. The van der Waals surface area contributed by atoms with Gasteiger partial charge in [0.05, 0.1) is 5.92 Å². The molecule has 0 saturated carbocycles. The largest absolute Gasteiger partial charge is 0.355 e. The normalized spacial score (nSPS) is 22.9. The van der Waals surface area contributed by atoms with Crippen LogP contribution in [-0.4, -0.2) is 35.9 Å². The Labute approximate surface area is 141 Å². The zero-order valence-electron chi connectivity index (χ0n) is 13.6. The van der Waals surface area contributed by atoms with Crippen molar-refractivity contribution in [2.45, 2.75) is 25.3 Å². The second kappa shape index (κ2) is 7.23. The minimum absolute atomic E-state index is 0.0778. The van der Waals surface area contributed by atoms with Crippen LogP contribution in [0.2, 0.25) is 0 Å². The molecule has 0 aromatic carbocycles. The molecule has 23 heavy (non-hydrogen) atoms. The molecular formula is C18H23N3OS. The molecule has 0 radical (unpaired) electrons. The first-order chi connectivity index (χ1) is 11.2. The number of amides is 1. The molecule has 3 rings (SSSR count). The molecule has 1 fully saturated rings. The lowest BCUT2D eigenvalue weighted by molar-refractivity contribution is -0.122. The summed E-state index contributed by atoms with van der Waals surface area (Å²) in [4.78, 5) is 20.1. The molecule has 122 valence electrons. The summed E-state index contributed by atoms with van der Waals surface area (Å²) in [6.07, 6.45) is 4.84. The molecule has 1 saturated heterocycles. The summed E-state index contributed by atoms with van der Waals surface area (Å²) in [5.74, 6) is 0.474. The predicted molar refractivity (Wildman–Crippen MR) is 93.5 cm³/mol. The SMILES string of the molecule is CC(C(=O)NC[C@@H]1CCN(C)[C@H]1c1cccnc1)c1cccs1. The summed E-state index contributed by atoms with van der Waals surface area (Å²) in [5, 5.41) is 5.17. The minimum Gasteiger partial charge on any atom is -0.355 e. The highest BCUT2D eigenvalue weighted by molar-refractivity contribution is 7.10. The van der Waals surface area contributed by atoms with Crippen LogP contribution < -0.4 is 5.32 Å². The molecule has 3 heterocycles. The van der Waals surface area contributed by atoms with E-state index in [9.17, 15) is 4.79 Å². The summed E-state index contributed by atoms with van der Waals surface area (Å²) in [6.45, 7) is 3.75. The Morgan fingerprint density at radius 2 is 2.35 bits per heavy atom. The van der Waals surface area contributed by atoms with E-state index in [1.165, 1.54) is 5.56 Å². The molecule has 1 aliphatic heterocycles. The molecule has 1 aliphatic rings. The summed E-state index contributed by atoms with van der Waals surface area (Å²) in [5.41, 5.74) is 1.23. The Bertz CT molecular complexity index is 629. The van der Waals surface area contributed by atoms with Crippen molar-refractivity contribution in [1.82, 2.24) is 15.2 Å². The van der Waals surface area contributed by atoms with Gasteiger partial charge in [0.2, 0.25) is 5.91 Å². The second-order valence-corrected chi connectivity index (χ2v) is 7.22. The van der Waals surface area contributed by atoms with Crippen LogP contribution in [0.1, 0.15) is 35.7 Å². The van der Waals surface area contributed by atoms with Gasteiger partial charge in [-0.1, -0.05) is 12.1 Å². The second-order valence-electron chi connectivity index (χ2n) is 6.24. The monoisotopic (exact) mass is 329 g/mol. The van der Waals surface area contributed by atoms with Crippen molar-refractivity contribution in [3.05, 3.63) is 52.5 Å². The van der Waals surface area contributed by atoms with Crippen LogP contribution in [0.15, 0.2) is 42.0 Å². The topological polar surface area (TPSA) is 45.2 Å². The number of thiophene rings is 1. The van der Waals surface area contributed by atoms with Gasteiger partial charge in [-0.3, -0.25) is 14.7 Å². The Kier molecular flexibility index (Phi) is 5.08. The van der Waals surface area contributed by atoms with Crippen molar-refractivity contribution >= 4 is 17.2 Å². The Morgan fingerprint density at radius 3 is 3.04 bits per heavy atom. The number of carbonyl (C=O) groups excluding carboxylic acids is 1. The summed E-state index contributed by atoms with van der Waals surface area (Å²) < 4.78 is 0. The molecule has 2 aromatic rings. The van der Waals surface area contributed by atoms with Crippen LogP contribution in [0.3, 0.4) is 0 Å². The number of likely N-dealkylation sites (tertiary alicyclic amines) is 1. The first kappa shape index (κ1) is 16.1. The fraction of sp³-hybridized carbons (Fsp3) is 0.444. The van der Waals surface area contributed by atoms with Crippen molar-refractivity contribution in [3.63, 3.8) is 0 Å². The highest BCUT2D eigenvalue weighted by Crippen LogP contribution is 2.35. The molecule has 1 amide bonds. The van der Waals surface area contributed by atoms with Crippen LogP contribution >= 0.6 is 11.3 Å². The van der Waals surface area contributed by atoms with Crippen LogP contribution in [0.5, 0.6) is 0 Å². The van der Waals surface area contributed by atoms with Crippen LogP contribution in [0, 0.1) is 5.92 Å². The number of hydrogen-bond donors (Lipinski definition) is 1. The van der Waals surface area contributed by atoms with E-state index in [2.05, 4.69) is 28.3 Å². The Balaban J connectivity index is 1.62. The highest BCUT2D eigenvalue weighted by Gasteiger charge is 2.33. The van der Waals surface area contributed by atoms with Gasteiger partial charge < -0.3 is 5.32 Å². The van der Waals surface area contributed by atoms with Gasteiger partial charge >= 0.3 is 0 Å². The number of carbonyl (C=O) groups is 1. The van der Waals surface area contributed by atoms with Crippen molar-refractivity contribution in [3.8, 4) is 0 Å². The van der Waals surface area contributed by atoms with Crippen molar-refractivity contribution in [2.75, 3.05) is 20.1 Å². The molecule has 0 aliphatic carbocycles. The smallest absolute Gasteiger partial charge is 0.228 e. The predicted octanol–water partition coefficient (Wildman–Crippen LogP) is 3.06. The first-order valence-electron chi connectivity index (χ1n) is 8.08. The zero-order valence-corrected chi connectivity index (χ0v) is 14.4. The lowest BCUT2D eigenvalue weighted by Gasteiger charge is -2.25. The van der Waals surface area contributed by atoms with Crippen LogP contribution in [0.25, 0.3) is 0 Å². The third kappa shape index (κ3) is 3.62. The van der Waals surface area contributed by atoms with E-state index in [0.717, 1.165) is 24.4 Å². The van der Waals surface area contributed by atoms with Crippen molar-refractivity contribution in [2.24, 2.45) is 5.92 Å². The molecule has 2 aromatic heterocycles. The van der Waals surface area contributed by atoms with Gasteiger partial charge in [0.1, 0.15) is 0 Å². The van der Waals surface area contributed by atoms with E-state index >= 15 is 0 Å². The van der Waals surface area contributed by atoms with Crippen LogP contribution in [0.4, 0.5) is 0 Å². The third-order valence-corrected chi connectivity index (χ3v) is 5.76. The lowest BCUT2D eigenvalue weighted by atomic mass is 9.94. The Morgan fingerprint density at radius 1 is 1.48 bits per heavy atom. The molecule has 3 atom stereocenters. The third-order valence-electron chi connectivity index (χ3n) is 4.70. The maximum Gasteiger partial charge on any atom is 0.228 e. The van der Waals surface area contributed by atoms with Gasteiger partial charge in [-0.2, -0.15) is 0 Å². The van der Waals surface area contributed by atoms with Gasteiger partial charge in [-0.05, 0) is 55.9 Å². The number of rotatable bonds is 5. The number of aromatic nitrogens is 1. The Hall–Kier alpha value is -1.72. The van der Waals surface area contributed by atoms with Gasteiger partial charge in [-0.15, -0.1) is 11.3 Å². The minimum atomic E-state index is -0.0778. The maximum absolute atomic E-state index is 12.4. The van der Waals surface area contributed by atoms with E-state index in [-0.39, 0.29) is 11.8 Å².